The normalized spacial score (nSPS) is 12.7. The molecule has 76 valence electrons. The monoisotopic (exact) mass is 210 g/mol. The number of allylic oxidation sites excluding steroid dienone is 1. The van der Waals surface area contributed by atoms with Crippen LogP contribution in [0.4, 0.5) is 0 Å². The van der Waals surface area contributed by atoms with Crippen LogP contribution in [0.1, 0.15) is 6.92 Å². The zero-order chi connectivity index (χ0) is 10.5. The van der Waals surface area contributed by atoms with Gasteiger partial charge in [0.2, 0.25) is 0 Å². The van der Waals surface area contributed by atoms with E-state index >= 15 is 0 Å². The van der Waals surface area contributed by atoms with Gasteiger partial charge in [-0.15, -0.1) is 0 Å². The van der Waals surface area contributed by atoms with E-state index in [0.29, 0.717) is 0 Å². The van der Waals surface area contributed by atoms with Crippen molar-refractivity contribution in [2.75, 3.05) is 14.2 Å². The van der Waals surface area contributed by atoms with Gasteiger partial charge in [0.15, 0.2) is 0 Å². The second kappa shape index (κ2) is 5.01. The standard InChI is InChI=1S/C6H11O6P/c1-5(4-6(7)8)12-13(9,10-2)11-3/h4H,1-3H3,(H,7,8)/b5-4+. The molecule has 0 aliphatic heterocycles. The zero-order valence-corrected chi connectivity index (χ0v) is 8.41. The molecule has 0 radical (unpaired) electrons. The maximum absolute atomic E-state index is 11.2. The van der Waals surface area contributed by atoms with Crippen molar-refractivity contribution < 1.29 is 28.0 Å². The quantitative estimate of drug-likeness (QED) is 0.419. The van der Waals surface area contributed by atoms with E-state index in [4.69, 9.17) is 5.11 Å². The first-order valence-electron chi connectivity index (χ1n) is 3.26. The lowest BCUT2D eigenvalue weighted by Crippen LogP contribution is -1.96. The van der Waals surface area contributed by atoms with Gasteiger partial charge in [-0.25, -0.2) is 9.36 Å². The summed E-state index contributed by atoms with van der Waals surface area (Å²) in [6.07, 6.45) is 0.755. The van der Waals surface area contributed by atoms with Crippen LogP contribution in [0.15, 0.2) is 11.8 Å². The molecule has 0 atom stereocenters. The molecule has 0 unspecified atom stereocenters. The second-order valence-electron chi connectivity index (χ2n) is 2.00. The summed E-state index contributed by atoms with van der Waals surface area (Å²) in [5, 5.41) is 8.30. The minimum atomic E-state index is -3.63. The van der Waals surface area contributed by atoms with Crippen LogP contribution in [0.3, 0.4) is 0 Å². The summed E-state index contributed by atoms with van der Waals surface area (Å²) in [7, 11) is -1.35. The van der Waals surface area contributed by atoms with Crippen LogP contribution >= 0.6 is 7.82 Å². The van der Waals surface area contributed by atoms with Crippen LogP contribution < -0.4 is 0 Å². The fraction of sp³-hybridized carbons (Fsp3) is 0.500. The Morgan fingerprint density at radius 1 is 1.38 bits per heavy atom. The molecule has 0 spiro atoms. The van der Waals surface area contributed by atoms with Crippen molar-refractivity contribution in [3.8, 4) is 0 Å². The summed E-state index contributed by atoms with van der Waals surface area (Å²) in [4.78, 5) is 10.1. The number of carboxylic acids is 1. The first kappa shape index (κ1) is 12.2. The Morgan fingerprint density at radius 2 is 1.85 bits per heavy atom. The predicted molar refractivity (Wildman–Crippen MR) is 44.1 cm³/mol. The van der Waals surface area contributed by atoms with Crippen molar-refractivity contribution in [1.82, 2.24) is 0 Å². The summed E-state index contributed by atoms with van der Waals surface area (Å²) in [6.45, 7) is 1.33. The summed E-state index contributed by atoms with van der Waals surface area (Å²) in [5.41, 5.74) is 0. The molecule has 0 aliphatic carbocycles. The molecule has 0 saturated carbocycles. The lowest BCUT2D eigenvalue weighted by atomic mass is 10.5. The third-order valence-electron chi connectivity index (χ3n) is 1.03. The molecular weight excluding hydrogens is 199 g/mol. The van der Waals surface area contributed by atoms with E-state index < -0.39 is 13.8 Å². The van der Waals surface area contributed by atoms with E-state index in [1.807, 2.05) is 0 Å². The lowest BCUT2D eigenvalue weighted by Gasteiger charge is -2.13. The van der Waals surface area contributed by atoms with Crippen molar-refractivity contribution in [3.63, 3.8) is 0 Å². The lowest BCUT2D eigenvalue weighted by molar-refractivity contribution is -0.131. The molecule has 7 heteroatoms. The summed E-state index contributed by atoms with van der Waals surface area (Å²) >= 11 is 0. The Labute approximate surface area is 75.7 Å². The minimum absolute atomic E-state index is 0.0560. The van der Waals surface area contributed by atoms with Gasteiger partial charge in [-0.3, -0.25) is 9.05 Å². The van der Waals surface area contributed by atoms with Gasteiger partial charge < -0.3 is 9.63 Å². The second-order valence-corrected chi connectivity index (χ2v) is 3.80. The molecule has 0 aromatic heterocycles. The van der Waals surface area contributed by atoms with Gasteiger partial charge in [0.05, 0.1) is 6.08 Å². The molecule has 0 amide bonds. The molecule has 6 nitrogen and oxygen atoms in total. The number of carboxylic acid groups (broad SMARTS) is 1. The van der Waals surface area contributed by atoms with Gasteiger partial charge in [-0.1, -0.05) is 0 Å². The van der Waals surface area contributed by atoms with Crippen LogP contribution in [0.5, 0.6) is 0 Å². The first-order valence-corrected chi connectivity index (χ1v) is 4.72. The molecular formula is C6H11O6P. The predicted octanol–water partition coefficient (Wildman–Crippen LogP) is 1.39. The van der Waals surface area contributed by atoms with Crippen molar-refractivity contribution >= 4 is 13.8 Å². The molecule has 0 aromatic carbocycles. The van der Waals surface area contributed by atoms with Gasteiger partial charge in [0.25, 0.3) is 0 Å². The average molecular weight is 210 g/mol. The zero-order valence-electron chi connectivity index (χ0n) is 7.51. The van der Waals surface area contributed by atoms with Gasteiger partial charge in [0.1, 0.15) is 5.76 Å². The van der Waals surface area contributed by atoms with Crippen LogP contribution in [0.2, 0.25) is 0 Å². The van der Waals surface area contributed by atoms with Crippen LogP contribution in [-0.4, -0.2) is 25.3 Å². The van der Waals surface area contributed by atoms with Crippen LogP contribution in [-0.2, 0) is 22.9 Å². The summed E-state index contributed by atoms with van der Waals surface area (Å²) < 4.78 is 24.7. The molecule has 0 aliphatic rings. The van der Waals surface area contributed by atoms with E-state index in [9.17, 15) is 9.36 Å². The molecule has 0 saturated heterocycles. The van der Waals surface area contributed by atoms with E-state index in [2.05, 4.69) is 13.6 Å². The highest BCUT2D eigenvalue weighted by atomic mass is 31.2. The van der Waals surface area contributed by atoms with E-state index in [-0.39, 0.29) is 5.76 Å². The van der Waals surface area contributed by atoms with E-state index in [1.165, 1.54) is 6.92 Å². The fourth-order valence-corrected chi connectivity index (χ4v) is 1.23. The molecule has 0 aromatic rings. The number of phosphoric acid groups is 1. The van der Waals surface area contributed by atoms with Gasteiger partial charge >= 0.3 is 13.8 Å². The third kappa shape index (κ3) is 4.67. The number of carbonyl (C=O) groups is 1. The van der Waals surface area contributed by atoms with E-state index in [1.54, 1.807) is 0 Å². The maximum Gasteiger partial charge on any atom is 0.529 e. The fourth-order valence-electron chi connectivity index (χ4n) is 0.526. The van der Waals surface area contributed by atoms with Gasteiger partial charge in [-0.05, 0) is 6.92 Å². The number of hydrogen-bond donors (Lipinski definition) is 1. The Morgan fingerprint density at radius 3 is 2.15 bits per heavy atom. The number of hydrogen-bond acceptors (Lipinski definition) is 5. The van der Waals surface area contributed by atoms with Crippen LogP contribution in [0, 0.1) is 0 Å². The number of phosphoric ester groups is 1. The average Bonchev–Trinajstić information content (AvgIpc) is 2.02. The molecule has 13 heavy (non-hydrogen) atoms. The Kier molecular flexibility index (Phi) is 4.69. The Balaban J connectivity index is 4.42. The van der Waals surface area contributed by atoms with Gasteiger partial charge in [-0.2, -0.15) is 0 Å². The van der Waals surface area contributed by atoms with Crippen molar-refractivity contribution in [3.05, 3.63) is 11.8 Å². The smallest absolute Gasteiger partial charge is 0.478 e. The minimum Gasteiger partial charge on any atom is -0.478 e. The molecule has 1 N–H and O–H groups in total. The highest BCUT2D eigenvalue weighted by molar-refractivity contribution is 7.48. The SMILES string of the molecule is COP(=O)(OC)O/C(C)=C/C(=O)O. The van der Waals surface area contributed by atoms with Crippen LogP contribution in [0.25, 0.3) is 0 Å². The number of rotatable bonds is 5. The van der Waals surface area contributed by atoms with Gasteiger partial charge in [0, 0.05) is 14.2 Å². The molecule has 0 bridgehead atoms. The largest absolute Gasteiger partial charge is 0.529 e. The molecule has 0 fully saturated rings. The van der Waals surface area contributed by atoms with Crippen molar-refractivity contribution in [2.45, 2.75) is 6.92 Å². The summed E-state index contributed by atoms with van der Waals surface area (Å²) in [5.74, 6) is -1.25. The Bertz CT molecular complexity index is 250. The Hall–Kier alpha value is -0.840. The third-order valence-corrected chi connectivity index (χ3v) is 2.44. The highest BCUT2D eigenvalue weighted by Crippen LogP contribution is 2.49. The van der Waals surface area contributed by atoms with E-state index in [0.717, 1.165) is 20.3 Å². The highest BCUT2D eigenvalue weighted by Gasteiger charge is 2.24. The number of aliphatic carboxylic acids is 1. The molecule has 0 rings (SSSR count). The summed E-state index contributed by atoms with van der Waals surface area (Å²) in [6, 6.07) is 0. The topological polar surface area (TPSA) is 82.1 Å². The maximum atomic E-state index is 11.2. The first-order chi connectivity index (χ1) is 5.93. The van der Waals surface area contributed by atoms with Crippen molar-refractivity contribution in [1.29, 1.82) is 0 Å². The van der Waals surface area contributed by atoms with Crippen molar-refractivity contribution in [2.24, 2.45) is 0 Å². The molecule has 0 heterocycles.